The first kappa shape index (κ1) is 17.7. The van der Waals surface area contributed by atoms with Crippen LogP contribution in [0.5, 0.6) is 0 Å². The second kappa shape index (κ2) is 7.12. The van der Waals surface area contributed by atoms with Crippen LogP contribution < -0.4 is 0 Å². The van der Waals surface area contributed by atoms with Crippen molar-refractivity contribution < 1.29 is 0 Å². The molecule has 3 saturated heterocycles. The summed E-state index contributed by atoms with van der Waals surface area (Å²) in [4.78, 5) is 9.80. The molecule has 140 valence electrons. The van der Waals surface area contributed by atoms with Crippen LogP contribution in [0.3, 0.4) is 0 Å². The highest BCUT2D eigenvalue weighted by atomic mass is 15.3. The molecule has 1 N–H and O–H groups in total. The van der Waals surface area contributed by atoms with Crippen molar-refractivity contribution in [2.45, 2.75) is 58.2 Å². The SMILES string of the molecule is CC(C)(C)c1cc(CN2C[C@H]3CC[C@@H]2CN(Cc2ccccn2)C3)[nH]n1. The van der Waals surface area contributed by atoms with E-state index in [4.69, 9.17) is 0 Å². The minimum Gasteiger partial charge on any atom is -0.296 e. The Bertz CT molecular complexity index is 718. The van der Waals surface area contributed by atoms with Gasteiger partial charge in [0.1, 0.15) is 0 Å². The lowest BCUT2D eigenvalue weighted by molar-refractivity contribution is 0.121. The van der Waals surface area contributed by atoms with Gasteiger partial charge in [0.25, 0.3) is 0 Å². The van der Waals surface area contributed by atoms with Crippen molar-refractivity contribution in [2.24, 2.45) is 5.92 Å². The molecule has 0 aromatic carbocycles. The number of nitrogens with one attached hydrogen (secondary N) is 1. The third kappa shape index (κ3) is 3.99. The predicted molar refractivity (Wildman–Crippen MR) is 104 cm³/mol. The minimum absolute atomic E-state index is 0.103. The molecule has 3 aliphatic heterocycles. The van der Waals surface area contributed by atoms with Gasteiger partial charge in [-0.05, 0) is 37.0 Å². The standard InChI is InChI=1S/C21H31N5/c1-21(2,3)20-10-18(23-24-20)14-26-12-16-7-8-19(26)15-25(11-16)13-17-6-4-5-9-22-17/h4-6,9-10,16,19H,7-8,11-15H2,1-3H3,(H,23,24)/t16-,19+/m0/s1. The molecule has 2 aromatic heterocycles. The van der Waals surface area contributed by atoms with Gasteiger partial charge in [-0.25, -0.2) is 0 Å². The van der Waals surface area contributed by atoms with Gasteiger partial charge < -0.3 is 0 Å². The lowest BCUT2D eigenvalue weighted by Crippen LogP contribution is -2.43. The van der Waals surface area contributed by atoms with Gasteiger partial charge in [0.15, 0.2) is 0 Å². The zero-order valence-electron chi connectivity index (χ0n) is 16.3. The number of pyridine rings is 1. The molecule has 5 heterocycles. The predicted octanol–water partition coefficient (Wildman–Crippen LogP) is 3.20. The smallest absolute Gasteiger partial charge is 0.0678 e. The van der Waals surface area contributed by atoms with Crippen LogP contribution in [0.1, 0.15) is 50.7 Å². The van der Waals surface area contributed by atoms with E-state index in [1.54, 1.807) is 0 Å². The summed E-state index contributed by atoms with van der Waals surface area (Å²) in [6.07, 6.45) is 4.57. The van der Waals surface area contributed by atoms with E-state index in [2.05, 4.69) is 64.0 Å². The van der Waals surface area contributed by atoms with Crippen molar-refractivity contribution in [3.8, 4) is 0 Å². The summed E-state index contributed by atoms with van der Waals surface area (Å²) in [5.74, 6) is 0.766. The molecule has 0 radical (unpaired) electrons. The lowest BCUT2D eigenvalue weighted by atomic mass is 9.92. The van der Waals surface area contributed by atoms with Crippen molar-refractivity contribution in [3.05, 3.63) is 47.5 Å². The number of aromatic amines is 1. The van der Waals surface area contributed by atoms with E-state index in [0.717, 1.165) is 31.2 Å². The zero-order valence-corrected chi connectivity index (χ0v) is 16.3. The van der Waals surface area contributed by atoms with Crippen molar-refractivity contribution >= 4 is 0 Å². The summed E-state index contributed by atoms with van der Waals surface area (Å²) in [5, 5.41) is 7.81. The Morgan fingerprint density at radius 3 is 2.73 bits per heavy atom. The van der Waals surface area contributed by atoms with Gasteiger partial charge in [-0.2, -0.15) is 5.10 Å². The maximum absolute atomic E-state index is 4.54. The summed E-state index contributed by atoms with van der Waals surface area (Å²) >= 11 is 0. The molecule has 3 aliphatic rings. The molecule has 0 unspecified atom stereocenters. The van der Waals surface area contributed by atoms with Crippen LogP contribution in [-0.2, 0) is 18.5 Å². The van der Waals surface area contributed by atoms with Crippen LogP contribution in [0.4, 0.5) is 0 Å². The largest absolute Gasteiger partial charge is 0.296 e. The van der Waals surface area contributed by atoms with Gasteiger partial charge in [0.2, 0.25) is 0 Å². The third-order valence-corrected chi connectivity index (χ3v) is 5.79. The number of H-pyrrole nitrogens is 1. The lowest BCUT2D eigenvalue weighted by Gasteiger charge is -2.35. The number of hydrogen-bond acceptors (Lipinski definition) is 4. The number of piperidine rings is 1. The summed E-state index contributed by atoms with van der Waals surface area (Å²) in [5.41, 5.74) is 3.69. The van der Waals surface area contributed by atoms with Crippen LogP contribution >= 0.6 is 0 Å². The van der Waals surface area contributed by atoms with E-state index in [9.17, 15) is 0 Å². The first-order chi connectivity index (χ1) is 12.5. The first-order valence-corrected chi connectivity index (χ1v) is 9.88. The second-order valence-corrected chi connectivity index (χ2v) is 9.07. The summed E-state index contributed by atoms with van der Waals surface area (Å²) in [6, 6.07) is 9.12. The fourth-order valence-corrected chi connectivity index (χ4v) is 4.37. The Morgan fingerprint density at radius 2 is 2.00 bits per heavy atom. The van der Waals surface area contributed by atoms with Gasteiger partial charge in [0, 0.05) is 56.1 Å². The molecule has 2 atom stereocenters. The molecular formula is C21H31N5. The van der Waals surface area contributed by atoms with Crippen LogP contribution in [-0.4, -0.2) is 50.7 Å². The van der Waals surface area contributed by atoms with Crippen LogP contribution in [0.25, 0.3) is 0 Å². The highest BCUT2D eigenvalue weighted by molar-refractivity contribution is 5.16. The third-order valence-electron chi connectivity index (χ3n) is 5.79. The number of aromatic nitrogens is 3. The molecule has 2 aromatic rings. The first-order valence-electron chi connectivity index (χ1n) is 9.88. The molecule has 0 aliphatic carbocycles. The van der Waals surface area contributed by atoms with E-state index in [1.165, 1.54) is 37.3 Å². The Balaban J connectivity index is 1.42. The normalized spacial score (nSPS) is 24.7. The monoisotopic (exact) mass is 353 g/mol. The van der Waals surface area contributed by atoms with Crippen molar-refractivity contribution in [2.75, 3.05) is 19.6 Å². The van der Waals surface area contributed by atoms with Crippen molar-refractivity contribution in [3.63, 3.8) is 0 Å². The molecule has 5 rings (SSSR count). The van der Waals surface area contributed by atoms with Gasteiger partial charge in [-0.3, -0.25) is 19.9 Å². The van der Waals surface area contributed by atoms with Gasteiger partial charge in [0.05, 0.1) is 11.4 Å². The Kier molecular flexibility index (Phi) is 4.84. The maximum atomic E-state index is 4.54. The van der Waals surface area contributed by atoms with Gasteiger partial charge >= 0.3 is 0 Å². The summed E-state index contributed by atoms with van der Waals surface area (Å²) in [6.45, 7) is 12.2. The fourth-order valence-electron chi connectivity index (χ4n) is 4.37. The summed E-state index contributed by atoms with van der Waals surface area (Å²) < 4.78 is 0. The number of fused-ring (bicyclic) bond motifs is 4. The van der Waals surface area contributed by atoms with Crippen LogP contribution in [0.2, 0.25) is 0 Å². The second-order valence-electron chi connectivity index (χ2n) is 9.07. The van der Waals surface area contributed by atoms with Crippen LogP contribution in [0, 0.1) is 5.92 Å². The van der Waals surface area contributed by atoms with Gasteiger partial charge in [-0.15, -0.1) is 0 Å². The minimum atomic E-state index is 0.103. The zero-order chi connectivity index (χ0) is 18.1. The topological polar surface area (TPSA) is 48.0 Å². The van der Waals surface area contributed by atoms with Gasteiger partial charge in [-0.1, -0.05) is 26.8 Å². The molecule has 2 bridgehead atoms. The maximum Gasteiger partial charge on any atom is 0.0678 e. The van der Waals surface area contributed by atoms with Crippen molar-refractivity contribution in [1.82, 2.24) is 25.0 Å². The van der Waals surface area contributed by atoms with E-state index >= 15 is 0 Å². The quantitative estimate of drug-likeness (QED) is 0.917. The van der Waals surface area contributed by atoms with E-state index < -0.39 is 0 Å². The highest BCUT2D eigenvalue weighted by Gasteiger charge is 2.35. The average Bonchev–Trinajstić information content (AvgIpc) is 2.91. The Labute approximate surface area is 156 Å². The number of rotatable bonds is 4. The molecule has 0 saturated carbocycles. The van der Waals surface area contributed by atoms with E-state index in [-0.39, 0.29) is 5.41 Å². The molecule has 3 fully saturated rings. The molecule has 5 heteroatoms. The molecule has 0 amide bonds. The van der Waals surface area contributed by atoms with Crippen LogP contribution in [0.15, 0.2) is 30.5 Å². The number of hydrogen-bond donors (Lipinski definition) is 1. The van der Waals surface area contributed by atoms with E-state index in [0.29, 0.717) is 6.04 Å². The molecule has 26 heavy (non-hydrogen) atoms. The highest BCUT2D eigenvalue weighted by Crippen LogP contribution is 2.30. The van der Waals surface area contributed by atoms with Crippen molar-refractivity contribution in [1.29, 1.82) is 0 Å². The molecular weight excluding hydrogens is 322 g/mol. The average molecular weight is 354 g/mol. The summed E-state index contributed by atoms with van der Waals surface area (Å²) in [7, 11) is 0. The molecule has 5 nitrogen and oxygen atoms in total. The molecule has 0 spiro atoms. The fraction of sp³-hybridized carbons (Fsp3) is 0.619. The van der Waals surface area contributed by atoms with E-state index in [1.807, 2.05) is 12.3 Å². The Morgan fingerprint density at radius 1 is 1.12 bits per heavy atom. The Hall–Kier alpha value is -1.72. The number of nitrogens with zero attached hydrogens (tertiary/aromatic N) is 4.